The molecule has 0 saturated carbocycles. The summed E-state index contributed by atoms with van der Waals surface area (Å²) >= 11 is 0. The van der Waals surface area contributed by atoms with Gasteiger partial charge in [-0.3, -0.25) is 9.78 Å². The predicted molar refractivity (Wildman–Crippen MR) is 80.7 cm³/mol. The highest BCUT2D eigenvalue weighted by Gasteiger charge is 2.12. The Morgan fingerprint density at radius 2 is 2.10 bits per heavy atom. The van der Waals surface area contributed by atoms with E-state index in [2.05, 4.69) is 30.2 Å². The summed E-state index contributed by atoms with van der Waals surface area (Å²) in [4.78, 5) is 15.8. The molecule has 1 aromatic rings. The smallest absolute Gasteiger partial charge is 0.305 e. The molecule has 1 unspecified atom stereocenters. The summed E-state index contributed by atoms with van der Waals surface area (Å²) < 4.78 is 4.91. The second-order valence-electron chi connectivity index (χ2n) is 5.16. The van der Waals surface area contributed by atoms with Crippen molar-refractivity contribution in [3.05, 3.63) is 28.6 Å². The standard InChI is InChI=1S/C16H26N2O2/c1-6-20-15(19)8-7-9-17-13(4)16-11(2)10-12(3)18-14(16)5/h10,13,17H,6-9H2,1-5H3. The van der Waals surface area contributed by atoms with Crippen molar-refractivity contribution in [1.82, 2.24) is 10.3 Å². The minimum absolute atomic E-state index is 0.119. The van der Waals surface area contributed by atoms with Crippen LogP contribution in [0.4, 0.5) is 0 Å². The Bertz CT molecular complexity index is 435. The molecular formula is C16H26N2O2. The van der Waals surface area contributed by atoms with Crippen molar-refractivity contribution >= 4 is 5.97 Å². The Kier molecular flexibility index (Phi) is 6.65. The number of pyridine rings is 1. The minimum Gasteiger partial charge on any atom is -0.466 e. The Morgan fingerprint density at radius 3 is 2.70 bits per heavy atom. The van der Waals surface area contributed by atoms with E-state index >= 15 is 0 Å². The van der Waals surface area contributed by atoms with Crippen LogP contribution in [-0.2, 0) is 9.53 Å². The molecule has 0 aromatic carbocycles. The molecule has 0 spiro atoms. The van der Waals surface area contributed by atoms with Gasteiger partial charge in [0.25, 0.3) is 0 Å². The molecule has 0 saturated heterocycles. The largest absolute Gasteiger partial charge is 0.466 e. The van der Waals surface area contributed by atoms with E-state index in [4.69, 9.17) is 4.74 Å². The van der Waals surface area contributed by atoms with Crippen molar-refractivity contribution in [3.63, 3.8) is 0 Å². The Balaban J connectivity index is 2.47. The molecule has 1 rings (SSSR count). The first-order valence-corrected chi connectivity index (χ1v) is 7.29. The number of nitrogens with zero attached hydrogens (tertiary/aromatic N) is 1. The first-order chi connectivity index (χ1) is 9.45. The molecule has 112 valence electrons. The number of carbonyl (C=O) groups excluding carboxylic acids is 1. The maximum atomic E-state index is 11.2. The third-order valence-electron chi connectivity index (χ3n) is 3.33. The van der Waals surface area contributed by atoms with Crippen LogP contribution >= 0.6 is 0 Å². The van der Waals surface area contributed by atoms with Gasteiger partial charge in [0.1, 0.15) is 0 Å². The summed E-state index contributed by atoms with van der Waals surface area (Å²) in [5.41, 5.74) is 4.65. The van der Waals surface area contributed by atoms with Crippen molar-refractivity contribution in [2.24, 2.45) is 0 Å². The number of ether oxygens (including phenoxy) is 1. The number of carbonyl (C=O) groups is 1. The molecular weight excluding hydrogens is 252 g/mol. The van der Waals surface area contributed by atoms with E-state index in [1.807, 2.05) is 20.8 Å². The summed E-state index contributed by atoms with van der Waals surface area (Å²) in [6, 6.07) is 2.35. The molecule has 0 aliphatic heterocycles. The van der Waals surface area contributed by atoms with Gasteiger partial charge in [-0.1, -0.05) is 0 Å². The van der Waals surface area contributed by atoms with E-state index in [1.165, 1.54) is 11.1 Å². The van der Waals surface area contributed by atoms with Crippen LogP contribution in [-0.4, -0.2) is 24.1 Å². The predicted octanol–water partition coefficient (Wildman–Crippen LogP) is 3.00. The minimum atomic E-state index is -0.119. The molecule has 1 atom stereocenters. The Hall–Kier alpha value is -1.42. The zero-order valence-electron chi connectivity index (χ0n) is 13.2. The molecule has 1 N–H and O–H groups in total. The van der Waals surface area contributed by atoms with Gasteiger partial charge < -0.3 is 10.1 Å². The third kappa shape index (κ3) is 4.93. The molecule has 4 heteroatoms. The van der Waals surface area contributed by atoms with Gasteiger partial charge in [-0.15, -0.1) is 0 Å². The quantitative estimate of drug-likeness (QED) is 0.615. The second-order valence-corrected chi connectivity index (χ2v) is 5.16. The highest BCUT2D eigenvalue weighted by atomic mass is 16.5. The summed E-state index contributed by atoms with van der Waals surface area (Å²) in [5, 5.41) is 3.45. The lowest BCUT2D eigenvalue weighted by Crippen LogP contribution is -2.22. The van der Waals surface area contributed by atoms with Gasteiger partial charge >= 0.3 is 5.97 Å². The van der Waals surface area contributed by atoms with E-state index in [1.54, 1.807) is 0 Å². The summed E-state index contributed by atoms with van der Waals surface area (Å²) in [6.45, 7) is 11.4. The zero-order chi connectivity index (χ0) is 15.1. The molecule has 0 aliphatic carbocycles. The fraction of sp³-hybridized carbons (Fsp3) is 0.625. The van der Waals surface area contributed by atoms with E-state index in [0.29, 0.717) is 13.0 Å². The van der Waals surface area contributed by atoms with Gasteiger partial charge in [0.05, 0.1) is 6.61 Å². The van der Waals surface area contributed by atoms with Crippen molar-refractivity contribution in [1.29, 1.82) is 0 Å². The van der Waals surface area contributed by atoms with Gasteiger partial charge in [-0.05, 0) is 64.8 Å². The van der Waals surface area contributed by atoms with Crippen LogP contribution in [0.5, 0.6) is 0 Å². The van der Waals surface area contributed by atoms with Crippen LogP contribution in [0.2, 0.25) is 0 Å². The van der Waals surface area contributed by atoms with Gasteiger partial charge in [0, 0.05) is 23.9 Å². The fourth-order valence-electron chi connectivity index (χ4n) is 2.57. The summed E-state index contributed by atoms with van der Waals surface area (Å²) in [6.07, 6.45) is 1.26. The molecule has 0 amide bonds. The summed E-state index contributed by atoms with van der Waals surface area (Å²) in [7, 11) is 0. The van der Waals surface area contributed by atoms with E-state index < -0.39 is 0 Å². The highest BCUT2D eigenvalue weighted by Crippen LogP contribution is 2.21. The first-order valence-electron chi connectivity index (χ1n) is 7.29. The number of nitrogens with one attached hydrogen (secondary N) is 1. The van der Waals surface area contributed by atoms with E-state index in [-0.39, 0.29) is 12.0 Å². The van der Waals surface area contributed by atoms with Crippen LogP contribution in [0, 0.1) is 20.8 Å². The molecule has 1 aromatic heterocycles. The van der Waals surface area contributed by atoms with Gasteiger partial charge in [-0.25, -0.2) is 0 Å². The van der Waals surface area contributed by atoms with Crippen molar-refractivity contribution < 1.29 is 9.53 Å². The van der Waals surface area contributed by atoms with Crippen LogP contribution in [0.25, 0.3) is 0 Å². The Labute approximate surface area is 121 Å². The number of hydrogen-bond acceptors (Lipinski definition) is 4. The molecule has 0 fully saturated rings. The van der Waals surface area contributed by atoms with Crippen LogP contribution in [0.15, 0.2) is 6.07 Å². The SMILES string of the molecule is CCOC(=O)CCCNC(C)c1c(C)cc(C)nc1C. The molecule has 20 heavy (non-hydrogen) atoms. The average molecular weight is 278 g/mol. The number of rotatable bonds is 7. The molecule has 0 radical (unpaired) electrons. The van der Waals surface area contributed by atoms with Crippen molar-refractivity contribution in [2.75, 3.05) is 13.2 Å². The fourth-order valence-corrected chi connectivity index (χ4v) is 2.57. The summed E-state index contributed by atoms with van der Waals surface area (Å²) in [5.74, 6) is -0.119. The third-order valence-corrected chi connectivity index (χ3v) is 3.33. The Morgan fingerprint density at radius 1 is 1.40 bits per heavy atom. The number of aryl methyl sites for hydroxylation is 3. The van der Waals surface area contributed by atoms with E-state index in [9.17, 15) is 4.79 Å². The van der Waals surface area contributed by atoms with Crippen LogP contribution in [0.3, 0.4) is 0 Å². The van der Waals surface area contributed by atoms with Gasteiger partial charge in [-0.2, -0.15) is 0 Å². The lowest BCUT2D eigenvalue weighted by atomic mass is 10.0. The maximum absolute atomic E-state index is 11.2. The zero-order valence-corrected chi connectivity index (χ0v) is 13.2. The lowest BCUT2D eigenvalue weighted by molar-refractivity contribution is -0.143. The first kappa shape index (κ1) is 16.6. The molecule has 0 aliphatic rings. The lowest BCUT2D eigenvalue weighted by Gasteiger charge is -2.19. The van der Waals surface area contributed by atoms with E-state index in [0.717, 1.165) is 24.4 Å². The van der Waals surface area contributed by atoms with Crippen LogP contribution < -0.4 is 5.32 Å². The van der Waals surface area contributed by atoms with Gasteiger partial charge in [0.15, 0.2) is 0 Å². The maximum Gasteiger partial charge on any atom is 0.305 e. The average Bonchev–Trinajstić information content (AvgIpc) is 2.33. The van der Waals surface area contributed by atoms with Crippen LogP contribution in [0.1, 0.15) is 55.2 Å². The molecule has 0 bridgehead atoms. The molecule has 4 nitrogen and oxygen atoms in total. The number of hydrogen-bond donors (Lipinski definition) is 1. The topological polar surface area (TPSA) is 51.2 Å². The second kappa shape index (κ2) is 8.00. The normalized spacial score (nSPS) is 12.2. The monoisotopic (exact) mass is 278 g/mol. The highest BCUT2D eigenvalue weighted by molar-refractivity contribution is 5.69. The molecule has 1 heterocycles. The van der Waals surface area contributed by atoms with Crippen molar-refractivity contribution in [3.8, 4) is 0 Å². The van der Waals surface area contributed by atoms with Gasteiger partial charge in [0.2, 0.25) is 0 Å². The number of aromatic nitrogens is 1. The van der Waals surface area contributed by atoms with Crippen molar-refractivity contribution in [2.45, 2.75) is 53.5 Å². The number of esters is 1.